The van der Waals surface area contributed by atoms with Gasteiger partial charge in [-0.25, -0.2) is 0 Å². The number of aromatic nitrogens is 2. The summed E-state index contributed by atoms with van der Waals surface area (Å²) in [6.07, 6.45) is 0. The van der Waals surface area contributed by atoms with E-state index in [-0.39, 0.29) is 19.1 Å². The minimum Gasteiger partial charge on any atom is -0.497 e. The molecule has 0 fully saturated rings. The van der Waals surface area contributed by atoms with Gasteiger partial charge in [-0.05, 0) is 55.0 Å². The Labute approximate surface area is 167 Å². The summed E-state index contributed by atoms with van der Waals surface area (Å²) in [6.45, 7) is 1.96. The fraction of sp³-hybridized carbons (Fsp3) is 0.250. The van der Waals surface area contributed by atoms with Crippen LogP contribution >= 0.6 is 11.6 Å². The van der Waals surface area contributed by atoms with Gasteiger partial charge in [0.1, 0.15) is 11.5 Å². The molecule has 28 heavy (non-hydrogen) atoms. The molecule has 0 spiro atoms. The molecule has 1 amide bonds. The zero-order valence-corrected chi connectivity index (χ0v) is 16.6. The second kappa shape index (κ2) is 8.75. The zero-order valence-electron chi connectivity index (χ0n) is 15.8. The highest BCUT2D eigenvalue weighted by molar-refractivity contribution is 6.31. The Morgan fingerprint density at radius 1 is 1.18 bits per heavy atom. The first kappa shape index (κ1) is 19.7. The van der Waals surface area contributed by atoms with Crippen LogP contribution in [0.3, 0.4) is 0 Å². The number of benzene rings is 2. The molecule has 1 aromatic heterocycles. The van der Waals surface area contributed by atoms with Crippen molar-refractivity contribution >= 4 is 17.5 Å². The molecule has 0 saturated carbocycles. The van der Waals surface area contributed by atoms with Crippen molar-refractivity contribution in [2.24, 2.45) is 0 Å². The summed E-state index contributed by atoms with van der Waals surface area (Å²) in [5.41, 5.74) is 1.68. The number of carbonyl (C=O) groups is 1. The van der Waals surface area contributed by atoms with Crippen LogP contribution in [0.4, 0.5) is 0 Å². The Bertz CT molecular complexity index is 956. The maximum Gasteiger partial charge on any atom is 0.260 e. The van der Waals surface area contributed by atoms with Crippen LogP contribution in [0.25, 0.3) is 11.4 Å². The van der Waals surface area contributed by atoms with Gasteiger partial charge in [0.25, 0.3) is 5.91 Å². The highest BCUT2D eigenvalue weighted by Gasteiger charge is 2.15. The third kappa shape index (κ3) is 4.80. The average molecular weight is 402 g/mol. The number of methoxy groups -OCH3 is 1. The second-order valence-electron chi connectivity index (χ2n) is 6.19. The van der Waals surface area contributed by atoms with Crippen molar-refractivity contribution in [3.05, 3.63) is 58.9 Å². The standard InChI is InChI=1S/C20H20ClN3O4/c1-13-10-16(8-9-17(13)21)27-12-19(25)24(2)11-18-22-20(23-28-18)14-4-6-15(26-3)7-5-14/h4-10H,11-12H2,1-3H3. The number of halogens is 1. The first-order chi connectivity index (χ1) is 13.5. The van der Waals surface area contributed by atoms with E-state index in [9.17, 15) is 4.79 Å². The van der Waals surface area contributed by atoms with E-state index < -0.39 is 0 Å². The van der Waals surface area contributed by atoms with E-state index in [2.05, 4.69) is 10.1 Å². The lowest BCUT2D eigenvalue weighted by Gasteiger charge is -2.15. The molecule has 8 heteroatoms. The van der Waals surface area contributed by atoms with E-state index in [4.69, 9.17) is 25.6 Å². The molecule has 0 N–H and O–H groups in total. The van der Waals surface area contributed by atoms with Crippen LogP contribution in [0.1, 0.15) is 11.5 Å². The molecule has 0 bridgehead atoms. The van der Waals surface area contributed by atoms with E-state index in [1.54, 1.807) is 32.4 Å². The quantitative estimate of drug-likeness (QED) is 0.600. The van der Waals surface area contributed by atoms with Crippen molar-refractivity contribution in [3.63, 3.8) is 0 Å². The van der Waals surface area contributed by atoms with Gasteiger partial charge in [-0.1, -0.05) is 16.8 Å². The maximum atomic E-state index is 12.3. The summed E-state index contributed by atoms with van der Waals surface area (Å²) in [6, 6.07) is 12.6. The van der Waals surface area contributed by atoms with Gasteiger partial charge in [0.05, 0.1) is 13.7 Å². The molecular formula is C20H20ClN3O4. The van der Waals surface area contributed by atoms with Crippen molar-refractivity contribution in [1.29, 1.82) is 0 Å². The summed E-state index contributed by atoms with van der Waals surface area (Å²) >= 11 is 5.99. The number of carbonyl (C=O) groups excluding carboxylic acids is 1. The van der Waals surface area contributed by atoms with Crippen LogP contribution < -0.4 is 9.47 Å². The third-order valence-electron chi connectivity index (χ3n) is 4.11. The SMILES string of the molecule is COc1ccc(-c2noc(CN(C)C(=O)COc3ccc(Cl)c(C)c3)n2)cc1. The normalized spacial score (nSPS) is 10.6. The number of ether oxygens (including phenoxy) is 2. The molecular weight excluding hydrogens is 382 g/mol. The molecule has 0 atom stereocenters. The van der Waals surface area contributed by atoms with E-state index in [0.29, 0.717) is 22.5 Å². The highest BCUT2D eigenvalue weighted by atomic mass is 35.5. The molecule has 1 heterocycles. The van der Waals surface area contributed by atoms with E-state index >= 15 is 0 Å². The van der Waals surface area contributed by atoms with Gasteiger partial charge in [-0.2, -0.15) is 4.98 Å². The third-order valence-corrected chi connectivity index (χ3v) is 4.53. The molecule has 3 aromatic rings. The van der Waals surface area contributed by atoms with Gasteiger partial charge < -0.3 is 18.9 Å². The molecule has 0 aliphatic carbocycles. The van der Waals surface area contributed by atoms with Gasteiger partial charge in [-0.3, -0.25) is 4.79 Å². The Morgan fingerprint density at radius 2 is 1.89 bits per heavy atom. The van der Waals surface area contributed by atoms with Crippen LogP contribution in [0.15, 0.2) is 47.0 Å². The van der Waals surface area contributed by atoms with E-state index in [1.165, 1.54) is 4.90 Å². The molecule has 2 aromatic carbocycles. The van der Waals surface area contributed by atoms with Crippen molar-refractivity contribution in [1.82, 2.24) is 15.0 Å². The summed E-state index contributed by atoms with van der Waals surface area (Å²) in [5.74, 6) is 1.91. The van der Waals surface area contributed by atoms with Crippen molar-refractivity contribution in [3.8, 4) is 22.9 Å². The van der Waals surface area contributed by atoms with Crippen LogP contribution in [0, 0.1) is 6.92 Å². The fourth-order valence-corrected chi connectivity index (χ4v) is 2.55. The Morgan fingerprint density at radius 3 is 2.57 bits per heavy atom. The molecule has 0 aliphatic heterocycles. The molecule has 0 aliphatic rings. The van der Waals surface area contributed by atoms with Crippen LogP contribution in [0.5, 0.6) is 11.5 Å². The smallest absolute Gasteiger partial charge is 0.260 e. The van der Waals surface area contributed by atoms with Gasteiger partial charge in [-0.15, -0.1) is 0 Å². The minimum absolute atomic E-state index is 0.100. The minimum atomic E-state index is -0.211. The van der Waals surface area contributed by atoms with Gasteiger partial charge in [0.15, 0.2) is 6.61 Å². The molecule has 0 saturated heterocycles. The Balaban J connectivity index is 1.56. The largest absolute Gasteiger partial charge is 0.497 e. The number of likely N-dealkylation sites (N-methyl/N-ethyl adjacent to an activating group) is 1. The maximum absolute atomic E-state index is 12.3. The Hall–Kier alpha value is -3.06. The zero-order chi connectivity index (χ0) is 20.1. The molecule has 0 radical (unpaired) electrons. The lowest BCUT2D eigenvalue weighted by Crippen LogP contribution is -2.31. The molecule has 146 valence electrons. The van der Waals surface area contributed by atoms with Crippen LogP contribution in [0.2, 0.25) is 5.02 Å². The summed E-state index contributed by atoms with van der Waals surface area (Å²) in [7, 11) is 3.25. The first-order valence-electron chi connectivity index (χ1n) is 8.56. The van der Waals surface area contributed by atoms with Crippen molar-refractivity contribution in [2.45, 2.75) is 13.5 Å². The monoisotopic (exact) mass is 401 g/mol. The molecule has 3 rings (SSSR count). The van der Waals surface area contributed by atoms with Crippen molar-refractivity contribution in [2.75, 3.05) is 20.8 Å². The molecule has 0 unspecified atom stereocenters. The number of nitrogens with zero attached hydrogens (tertiary/aromatic N) is 3. The van der Waals surface area contributed by atoms with E-state index in [0.717, 1.165) is 16.9 Å². The summed E-state index contributed by atoms with van der Waals surface area (Å²) < 4.78 is 15.9. The van der Waals surface area contributed by atoms with Gasteiger partial charge in [0.2, 0.25) is 11.7 Å². The molecule has 7 nitrogen and oxygen atoms in total. The van der Waals surface area contributed by atoms with Gasteiger partial charge >= 0.3 is 0 Å². The number of rotatable bonds is 7. The summed E-state index contributed by atoms with van der Waals surface area (Å²) in [5, 5.41) is 4.61. The fourth-order valence-electron chi connectivity index (χ4n) is 2.43. The number of aryl methyl sites for hydroxylation is 1. The second-order valence-corrected chi connectivity index (χ2v) is 6.60. The van der Waals surface area contributed by atoms with Crippen LogP contribution in [-0.4, -0.2) is 41.7 Å². The first-order valence-corrected chi connectivity index (χ1v) is 8.94. The van der Waals surface area contributed by atoms with Crippen molar-refractivity contribution < 1.29 is 18.8 Å². The Kier molecular flexibility index (Phi) is 6.16. The number of hydrogen-bond donors (Lipinski definition) is 0. The topological polar surface area (TPSA) is 77.7 Å². The summed E-state index contributed by atoms with van der Waals surface area (Å²) in [4.78, 5) is 18.1. The predicted octanol–water partition coefficient (Wildman–Crippen LogP) is 3.74. The average Bonchev–Trinajstić information content (AvgIpc) is 3.17. The van der Waals surface area contributed by atoms with Crippen LogP contribution in [-0.2, 0) is 11.3 Å². The lowest BCUT2D eigenvalue weighted by atomic mass is 10.2. The number of amides is 1. The number of hydrogen-bond acceptors (Lipinski definition) is 6. The van der Waals surface area contributed by atoms with Gasteiger partial charge in [0, 0.05) is 17.6 Å². The lowest BCUT2D eigenvalue weighted by molar-refractivity contribution is -0.132. The van der Waals surface area contributed by atoms with E-state index in [1.807, 2.05) is 31.2 Å². The predicted molar refractivity (Wildman–Crippen MR) is 104 cm³/mol. The highest BCUT2D eigenvalue weighted by Crippen LogP contribution is 2.22.